The molecular weight excluding hydrogens is 793 g/mol. The molecule has 0 N–H and O–H groups in total. The molecule has 64 heavy (non-hydrogen) atoms. The van der Waals surface area contributed by atoms with Crippen molar-refractivity contribution in [3.63, 3.8) is 0 Å². The molecule has 0 heterocycles. The van der Waals surface area contributed by atoms with Crippen molar-refractivity contribution in [2.24, 2.45) is 0 Å². The van der Waals surface area contributed by atoms with Crippen LogP contribution in [0.4, 0.5) is 0 Å². The van der Waals surface area contributed by atoms with Gasteiger partial charge in [0.1, 0.15) is 13.2 Å². The average Bonchev–Trinajstić information content (AvgIpc) is 3.29. The molecule has 0 aliphatic heterocycles. The van der Waals surface area contributed by atoms with Crippen LogP contribution >= 0.6 is 0 Å². The van der Waals surface area contributed by atoms with E-state index in [0.717, 1.165) is 70.6 Å². The monoisotopic (exact) mass is 893 g/mol. The van der Waals surface area contributed by atoms with Gasteiger partial charge in [-0.3, -0.25) is 14.4 Å². The van der Waals surface area contributed by atoms with Crippen molar-refractivity contribution in [2.75, 3.05) is 13.2 Å². The summed E-state index contributed by atoms with van der Waals surface area (Å²) < 4.78 is 16.7. The maximum absolute atomic E-state index is 12.8. The Morgan fingerprint density at radius 3 is 1.02 bits per heavy atom. The maximum atomic E-state index is 12.8. The third-order valence-corrected chi connectivity index (χ3v) is 11.5. The van der Waals surface area contributed by atoms with E-state index >= 15 is 0 Å². The summed E-state index contributed by atoms with van der Waals surface area (Å²) in [6, 6.07) is 0. The minimum Gasteiger partial charge on any atom is -0.462 e. The molecule has 6 heteroatoms. The van der Waals surface area contributed by atoms with Crippen molar-refractivity contribution in [3.8, 4) is 0 Å². The summed E-state index contributed by atoms with van der Waals surface area (Å²) in [5, 5.41) is 0. The number of hydrogen-bond donors (Lipinski definition) is 0. The standard InChI is InChI=1S/C58H100O6/c1-4-7-10-13-16-19-22-25-27-29-31-33-36-39-42-45-48-51-57(60)63-54-55(53-62-56(59)50-47-44-41-38-35-32-24-21-18-15-12-9-6-3)64-58(61)52-49-46-43-40-37-34-30-28-26-23-20-17-14-11-8-5-2/h8,11,17,20,25-28,34,37,43,46,55H,4-7,9-10,12-16,18-19,21-24,29-33,35-36,38-42,44-45,47-54H2,1-3H3/b11-8-,20-17-,27-25-,28-26-,37-34-,46-43-. The lowest BCUT2D eigenvalue weighted by Crippen LogP contribution is -2.30. The van der Waals surface area contributed by atoms with Gasteiger partial charge < -0.3 is 14.2 Å². The Labute approximate surface area is 395 Å². The van der Waals surface area contributed by atoms with Crippen molar-refractivity contribution in [2.45, 2.75) is 264 Å². The first-order valence-corrected chi connectivity index (χ1v) is 26.9. The SMILES string of the molecule is CC/C=C\C/C=C\C/C=C\C/C=C\C/C=C\CCC(=O)OC(COC(=O)CCCCCCCCC/C=C\CCCCCCCC)COC(=O)CCCCCCCCCCCCCCC. The predicted octanol–water partition coefficient (Wildman–Crippen LogP) is 17.8. The van der Waals surface area contributed by atoms with Gasteiger partial charge in [0.2, 0.25) is 0 Å². The fourth-order valence-corrected chi connectivity index (χ4v) is 7.43. The van der Waals surface area contributed by atoms with Crippen LogP contribution in [0.15, 0.2) is 72.9 Å². The van der Waals surface area contributed by atoms with Gasteiger partial charge in [0.05, 0.1) is 0 Å². The second-order valence-electron chi connectivity index (χ2n) is 17.8. The first kappa shape index (κ1) is 60.9. The molecule has 0 spiro atoms. The third-order valence-electron chi connectivity index (χ3n) is 11.5. The molecule has 1 unspecified atom stereocenters. The van der Waals surface area contributed by atoms with Crippen LogP contribution in [0.2, 0.25) is 0 Å². The maximum Gasteiger partial charge on any atom is 0.306 e. The lowest BCUT2D eigenvalue weighted by Gasteiger charge is -2.18. The molecule has 0 aliphatic carbocycles. The van der Waals surface area contributed by atoms with Crippen molar-refractivity contribution in [1.29, 1.82) is 0 Å². The molecule has 0 aromatic heterocycles. The van der Waals surface area contributed by atoms with Crippen molar-refractivity contribution in [1.82, 2.24) is 0 Å². The van der Waals surface area contributed by atoms with E-state index in [-0.39, 0.29) is 31.6 Å². The predicted molar refractivity (Wildman–Crippen MR) is 274 cm³/mol. The molecule has 368 valence electrons. The van der Waals surface area contributed by atoms with E-state index in [0.29, 0.717) is 19.3 Å². The molecule has 0 fully saturated rings. The van der Waals surface area contributed by atoms with Crippen LogP contribution in [0.5, 0.6) is 0 Å². The highest BCUT2D eigenvalue weighted by Crippen LogP contribution is 2.15. The number of hydrogen-bond acceptors (Lipinski definition) is 6. The Hall–Kier alpha value is -3.15. The first-order chi connectivity index (χ1) is 31.5. The fraction of sp³-hybridized carbons (Fsp3) is 0.741. The molecule has 0 saturated carbocycles. The Balaban J connectivity index is 4.47. The topological polar surface area (TPSA) is 78.9 Å². The molecule has 0 radical (unpaired) electrons. The smallest absolute Gasteiger partial charge is 0.306 e. The molecule has 0 rings (SSSR count). The van der Waals surface area contributed by atoms with Crippen LogP contribution in [0.25, 0.3) is 0 Å². The van der Waals surface area contributed by atoms with Gasteiger partial charge in [0.15, 0.2) is 6.10 Å². The quantitative estimate of drug-likeness (QED) is 0.0262. The highest BCUT2D eigenvalue weighted by atomic mass is 16.6. The minimum absolute atomic E-state index is 0.104. The van der Waals surface area contributed by atoms with Gasteiger partial charge in [-0.05, 0) is 77.0 Å². The zero-order valence-corrected chi connectivity index (χ0v) is 42.0. The summed E-state index contributed by atoms with van der Waals surface area (Å²) in [6.45, 7) is 6.46. The summed E-state index contributed by atoms with van der Waals surface area (Å²) in [5.74, 6) is -0.987. The molecule has 0 bridgehead atoms. The van der Waals surface area contributed by atoms with E-state index in [1.165, 1.54) is 141 Å². The highest BCUT2D eigenvalue weighted by molar-refractivity contribution is 5.71. The van der Waals surface area contributed by atoms with Crippen molar-refractivity contribution in [3.05, 3.63) is 72.9 Å². The van der Waals surface area contributed by atoms with Gasteiger partial charge in [-0.25, -0.2) is 0 Å². The second-order valence-corrected chi connectivity index (χ2v) is 17.8. The Morgan fingerprint density at radius 2 is 0.641 bits per heavy atom. The number of unbranched alkanes of at least 4 members (excludes halogenated alkanes) is 25. The molecule has 0 amide bonds. The summed E-state index contributed by atoms with van der Waals surface area (Å²) >= 11 is 0. The number of rotatable bonds is 48. The molecule has 0 aliphatic rings. The van der Waals surface area contributed by atoms with Crippen LogP contribution in [-0.4, -0.2) is 37.2 Å². The van der Waals surface area contributed by atoms with E-state index in [1.54, 1.807) is 0 Å². The van der Waals surface area contributed by atoms with Gasteiger partial charge in [-0.1, -0.05) is 235 Å². The van der Waals surface area contributed by atoms with E-state index in [2.05, 4.69) is 87.6 Å². The van der Waals surface area contributed by atoms with Gasteiger partial charge in [0.25, 0.3) is 0 Å². The van der Waals surface area contributed by atoms with Gasteiger partial charge in [0, 0.05) is 19.3 Å². The van der Waals surface area contributed by atoms with Crippen LogP contribution in [-0.2, 0) is 28.6 Å². The van der Waals surface area contributed by atoms with Crippen LogP contribution in [0.3, 0.4) is 0 Å². The average molecular weight is 893 g/mol. The van der Waals surface area contributed by atoms with E-state index < -0.39 is 12.1 Å². The normalized spacial score (nSPS) is 12.6. The minimum atomic E-state index is -0.814. The number of esters is 3. The number of ether oxygens (including phenoxy) is 3. The Kier molecular flexibility index (Phi) is 49.9. The van der Waals surface area contributed by atoms with Crippen LogP contribution < -0.4 is 0 Å². The largest absolute Gasteiger partial charge is 0.462 e. The zero-order chi connectivity index (χ0) is 46.5. The van der Waals surface area contributed by atoms with Crippen molar-refractivity contribution >= 4 is 17.9 Å². The Bertz CT molecular complexity index is 1210. The second kappa shape index (κ2) is 52.5. The lowest BCUT2D eigenvalue weighted by atomic mass is 10.0. The molecular formula is C58H100O6. The molecule has 1 atom stereocenters. The Morgan fingerprint density at radius 1 is 0.328 bits per heavy atom. The summed E-state index contributed by atoms with van der Waals surface area (Å²) in [4.78, 5) is 38.0. The van der Waals surface area contributed by atoms with Gasteiger partial charge in [-0.15, -0.1) is 0 Å². The molecule has 0 saturated heterocycles. The van der Waals surface area contributed by atoms with Gasteiger partial charge >= 0.3 is 17.9 Å². The third kappa shape index (κ3) is 49.9. The highest BCUT2D eigenvalue weighted by Gasteiger charge is 2.19. The van der Waals surface area contributed by atoms with Crippen molar-refractivity contribution < 1.29 is 28.6 Å². The van der Waals surface area contributed by atoms with Crippen LogP contribution in [0, 0.1) is 0 Å². The molecule has 6 nitrogen and oxygen atoms in total. The van der Waals surface area contributed by atoms with E-state index in [9.17, 15) is 14.4 Å². The van der Waals surface area contributed by atoms with Gasteiger partial charge in [-0.2, -0.15) is 0 Å². The molecule has 0 aromatic carbocycles. The fourth-order valence-electron chi connectivity index (χ4n) is 7.43. The van der Waals surface area contributed by atoms with E-state index in [1.807, 2.05) is 6.08 Å². The lowest BCUT2D eigenvalue weighted by molar-refractivity contribution is -0.166. The summed E-state index contributed by atoms with van der Waals surface area (Å²) in [5.41, 5.74) is 0. The summed E-state index contributed by atoms with van der Waals surface area (Å²) in [7, 11) is 0. The van der Waals surface area contributed by atoms with E-state index in [4.69, 9.17) is 14.2 Å². The number of carbonyl (C=O) groups excluding carboxylic acids is 3. The summed E-state index contributed by atoms with van der Waals surface area (Å²) in [6.07, 6.45) is 66.1. The zero-order valence-electron chi connectivity index (χ0n) is 42.0. The number of carbonyl (C=O) groups is 3. The molecule has 0 aromatic rings. The number of allylic oxidation sites excluding steroid dienone is 12. The van der Waals surface area contributed by atoms with Crippen LogP contribution in [0.1, 0.15) is 258 Å². The first-order valence-electron chi connectivity index (χ1n) is 26.9.